The maximum Gasteiger partial charge on any atom is 0.313 e. The number of hydrogen-bond donors (Lipinski definition) is 1. The Hall–Kier alpha value is -2.61. The fraction of sp³-hybridized carbons (Fsp3) is 0.500. The van der Waals surface area contributed by atoms with Crippen LogP contribution in [-0.2, 0) is 19.1 Å². The number of para-hydroxylation sites is 2. The Morgan fingerprint density at radius 2 is 2.12 bits per heavy atom. The molecular weight excluding hydrogens is 340 g/mol. The molecule has 1 fully saturated rings. The zero-order valence-electron chi connectivity index (χ0n) is 14.8. The van der Waals surface area contributed by atoms with E-state index in [4.69, 9.17) is 9.47 Å². The molecule has 1 N–H and O–H groups in total. The zero-order valence-corrected chi connectivity index (χ0v) is 14.8. The Morgan fingerprint density at radius 3 is 2.81 bits per heavy atom. The SMILES string of the molecule is COCC1(C(=O)O)CCN(C(=O)CN2C(=O)C(C)Oc3ccccc32)C1. The van der Waals surface area contributed by atoms with Crippen LogP contribution in [0.25, 0.3) is 0 Å². The van der Waals surface area contributed by atoms with Crippen LogP contribution >= 0.6 is 0 Å². The molecule has 0 saturated carbocycles. The average molecular weight is 362 g/mol. The molecule has 2 amide bonds. The van der Waals surface area contributed by atoms with Crippen LogP contribution in [0.2, 0.25) is 0 Å². The summed E-state index contributed by atoms with van der Waals surface area (Å²) < 4.78 is 10.6. The highest BCUT2D eigenvalue weighted by molar-refractivity contribution is 6.03. The largest absolute Gasteiger partial charge is 0.481 e. The van der Waals surface area contributed by atoms with Crippen molar-refractivity contribution in [3.8, 4) is 5.75 Å². The first-order valence-electron chi connectivity index (χ1n) is 8.45. The van der Waals surface area contributed by atoms with Crippen molar-refractivity contribution in [2.75, 3.05) is 38.3 Å². The van der Waals surface area contributed by atoms with Gasteiger partial charge in [-0.15, -0.1) is 0 Å². The normalized spacial score (nSPS) is 25.0. The first-order chi connectivity index (χ1) is 12.4. The summed E-state index contributed by atoms with van der Waals surface area (Å²) in [5, 5.41) is 9.52. The van der Waals surface area contributed by atoms with Gasteiger partial charge in [-0.1, -0.05) is 12.1 Å². The number of carboxylic acids is 1. The van der Waals surface area contributed by atoms with Crippen molar-refractivity contribution in [2.45, 2.75) is 19.4 Å². The topological polar surface area (TPSA) is 96.4 Å². The van der Waals surface area contributed by atoms with Gasteiger partial charge in [0, 0.05) is 20.2 Å². The quantitative estimate of drug-likeness (QED) is 0.830. The molecule has 2 heterocycles. The number of likely N-dealkylation sites (tertiary alicyclic amines) is 1. The van der Waals surface area contributed by atoms with Crippen molar-refractivity contribution in [3.05, 3.63) is 24.3 Å². The third kappa shape index (κ3) is 3.12. The molecule has 1 aromatic carbocycles. The zero-order chi connectivity index (χ0) is 18.9. The van der Waals surface area contributed by atoms with Crippen LogP contribution in [0.4, 0.5) is 5.69 Å². The number of benzene rings is 1. The molecule has 2 unspecified atom stereocenters. The third-order valence-electron chi connectivity index (χ3n) is 4.95. The van der Waals surface area contributed by atoms with Crippen LogP contribution in [0.1, 0.15) is 13.3 Å². The number of carboxylic acid groups (broad SMARTS) is 1. The molecular formula is C18H22N2O6. The number of nitrogens with zero attached hydrogens (tertiary/aromatic N) is 2. The number of fused-ring (bicyclic) bond motifs is 1. The second-order valence-electron chi connectivity index (χ2n) is 6.74. The van der Waals surface area contributed by atoms with Crippen molar-refractivity contribution in [1.29, 1.82) is 0 Å². The van der Waals surface area contributed by atoms with Gasteiger partial charge < -0.3 is 19.5 Å². The molecule has 3 rings (SSSR count). The van der Waals surface area contributed by atoms with Gasteiger partial charge in [0.2, 0.25) is 5.91 Å². The standard InChI is InChI=1S/C18H22N2O6/c1-12-16(22)20(13-5-3-4-6-14(13)26-12)9-15(21)19-8-7-18(10-19,11-25-2)17(23)24/h3-6,12H,7-11H2,1-2H3,(H,23,24). The molecule has 0 spiro atoms. The van der Waals surface area contributed by atoms with Gasteiger partial charge in [0.05, 0.1) is 12.3 Å². The van der Waals surface area contributed by atoms with Crippen molar-refractivity contribution < 1.29 is 29.0 Å². The number of rotatable bonds is 5. The minimum absolute atomic E-state index is 0.0441. The average Bonchev–Trinajstić information content (AvgIpc) is 3.05. The van der Waals surface area contributed by atoms with Crippen molar-refractivity contribution >= 4 is 23.5 Å². The predicted octanol–water partition coefficient (Wildman–Crippen LogP) is 0.750. The van der Waals surface area contributed by atoms with Gasteiger partial charge in [0.1, 0.15) is 17.7 Å². The molecule has 2 aliphatic heterocycles. The minimum atomic E-state index is -1.09. The van der Waals surface area contributed by atoms with Crippen LogP contribution in [0.15, 0.2) is 24.3 Å². The molecule has 0 aliphatic carbocycles. The van der Waals surface area contributed by atoms with Gasteiger partial charge in [-0.3, -0.25) is 19.3 Å². The summed E-state index contributed by atoms with van der Waals surface area (Å²) in [5.41, 5.74) is -0.547. The van der Waals surface area contributed by atoms with Crippen LogP contribution in [0, 0.1) is 5.41 Å². The van der Waals surface area contributed by atoms with E-state index < -0.39 is 17.5 Å². The maximum absolute atomic E-state index is 12.7. The molecule has 140 valence electrons. The Kier molecular flexibility index (Phi) is 4.86. The number of carbonyl (C=O) groups excluding carboxylic acids is 2. The van der Waals surface area contributed by atoms with E-state index in [9.17, 15) is 19.5 Å². The number of ether oxygens (including phenoxy) is 2. The van der Waals surface area contributed by atoms with E-state index in [1.165, 1.54) is 16.9 Å². The minimum Gasteiger partial charge on any atom is -0.481 e. The molecule has 8 nitrogen and oxygen atoms in total. The van der Waals surface area contributed by atoms with Crippen LogP contribution in [-0.4, -0.2) is 67.2 Å². The number of anilines is 1. The van der Waals surface area contributed by atoms with E-state index in [2.05, 4.69) is 0 Å². The highest BCUT2D eigenvalue weighted by atomic mass is 16.5. The molecule has 0 radical (unpaired) electrons. The summed E-state index contributed by atoms with van der Waals surface area (Å²) in [5.74, 6) is -1.01. The van der Waals surface area contributed by atoms with E-state index in [1.54, 1.807) is 31.2 Å². The van der Waals surface area contributed by atoms with E-state index in [0.29, 0.717) is 24.4 Å². The number of carbonyl (C=O) groups is 3. The lowest BCUT2D eigenvalue weighted by molar-refractivity contribution is -0.151. The lowest BCUT2D eigenvalue weighted by Crippen LogP contribution is -2.50. The summed E-state index contributed by atoms with van der Waals surface area (Å²) in [6.07, 6.45) is -0.353. The van der Waals surface area contributed by atoms with Gasteiger partial charge in [-0.2, -0.15) is 0 Å². The van der Waals surface area contributed by atoms with Gasteiger partial charge in [-0.25, -0.2) is 0 Å². The number of hydrogen-bond acceptors (Lipinski definition) is 5. The second-order valence-corrected chi connectivity index (χ2v) is 6.74. The van der Waals surface area contributed by atoms with Crippen molar-refractivity contribution in [2.24, 2.45) is 5.41 Å². The van der Waals surface area contributed by atoms with E-state index in [1.807, 2.05) is 0 Å². The molecule has 1 aromatic rings. The first kappa shape index (κ1) is 18.2. The van der Waals surface area contributed by atoms with Crippen LogP contribution in [0.5, 0.6) is 5.75 Å². The van der Waals surface area contributed by atoms with Crippen LogP contribution in [0.3, 0.4) is 0 Å². The Labute approximate surface area is 151 Å². The molecule has 2 aliphatic rings. The van der Waals surface area contributed by atoms with E-state index >= 15 is 0 Å². The lowest BCUT2D eigenvalue weighted by Gasteiger charge is -2.33. The highest BCUT2D eigenvalue weighted by Crippen LogP contribution is 2.35. The molecule has 1 saturated heterocycles. The Bertz CT molecular complexity index is 736. The predicted molar refractivity (Wildman–Crippen MR) is 92.0 cm³/mol. The van der Waals surface area contributed by atoms with Gasteiger partial charge in [0.25, 0.3) is 5.91 Å². The summed E-state index contributed by atoms with van der Waals surface area (Å²) in [4.78, 5) is 39.8. The summed E-state index contributed by atoms with van der Waals surface area (Å²) >= 11 is 0. The van der Waals surface area contributed by atoms with Gasteiger partial charge in [0.15, 0.2) is 6.10 Å². The smallest absolute Gasteiger partial charge is 0.313 e. The van der Waals surface area contributed by atoms with Crippen molar-refractivity contribution in [3.63, 3.8) is 0 Å². The van der Waals surface area contributed by atoms with Crippen LogP contribution < -0.4 is 9.64 Å². The lowest BCUT2D eigenvalue weighted by atomic mass is 9.88. The van der Waals surface area contributed by atoms with E-state index in [-0.39, 0.29) is 31.5 Å². The van der Waals surface area contributed by atoms with Gasteiger partial charge >= 0.3 is 5.97 Å². The third-order valence-corrected chi connectivity index (χ3v) is 4.95. The second kappa shape index (κ2) is 6.95. The summed E-state index contributed by atoms with van der Waals surface area (Å²) in [7, 11) is 1.44. The molecule has 0 aromatic heterocycles. The molecule has 8 heteroatoms. The van der Waals surface area contributed by atoms with Gasteiger partial charge in [-0.05, 0) is 25.5 Å². The fourth-order valence-electron chi connectivity index (χ4n) is 3.47. The Morgan fingerprint density at radius 1 is 1.38 bits per heavy atom. The molecule has 2 atom stereocenters. The number of aliphatic carboxylic acids is 1. The number of amides is 2. The number of methoxy groups -OCH3 is 1. The van der Waals surface area contributed by atoms with E-state index in [0.717, 1.165) is 0 Å². The first-order valence-corrected chi connectivity index (χ1v) is 8.45. The molecule has 26 heavy (non-hydrogen) atoms. The fourth-order valence-corrected chi connectivity index (χ4v) is 3.47. The molecule has 0 bridgehead atoms. The summed E-state index contributed by atoms with van der Waals surface area (Å²) in [6.45, 7) is 1.93. The summed E-state index contributed by atoms with van der Waals surface area (Å²) in [6, 6.07) is 7.04. The van der Waals surface area contributed by atoms with Crippen molar-refractivity contribution in [1.82, 2.24) is 4.90 Å². The highest BCUT2D eigenvalue weighted by Gasteiger charge is 2.47. The maximum atomic E-state index is 12.7. The monoisotopic (exact) mass is 362 g/mol. The Balaban J connectivity index is 1.76.